The number of hydrogen-bond acceptors (Lipinski definition) is 3. The molecule has 16 heavy (non-hydrogen) atoms. The number of halogens is 2. The number of nitrogens with zero attached hydrogens (tertiary/aromatic N) is 1. The van der Waals surface area contributed by atoms with Gasteiger partial charge >= 0.3 is 0 Å². The molecule has 5 heteroatoms. The number of rotatable bonds is 3. The van der Waals surface area contributed by atoms with Gasteiger partial charge in [-0.15, -0.1) is 11.3 Å². The van der Waals surface area contributed by atoms with Crippen molar-refractivity contribution in [1.29, 1.82) is 0 Å². The number of thiazole rings is 1. The van der Waals surface area contributed by atoms with Crippen molar-refractivity contribution >= 4 is 39.7 Å². The van der Waals surface area contributed by atoms with Crippen LogP contribution in [0.4, 0.5) is 5.13 Å². The molecule has 0 aliphatic carbocycles. The smallest absolute Gasteiger partial charge is 0.184 e. The van der Waals surface area contributed by atoms with E-state index in [0.29, 0.717) is 5.15 Å². The van der Waals surface area contributed by atoms with Crippen LogP contribution < -0.4 is 5.32 Å². The fraction of sp³-hybridized carbons (Fsp3) is 0.182. The van der Waals surface area contributed by atoms with Crippen LogP contribution in [-0.2, 0) is 0 Å². The van der Waals surface area contributed by atoms with Crippen LogP contribution in [0.1, 0.15) is 18.5 Å². The van der Waals surface area contributed by atoms with Gasteiger partial charge in [0.1, 0.15) is 5.15 Å². The maximum atomic E-state index is 6.11. The fourth-order valence-electron chi connectivity index (χ4n) is 1.41. The van der Waals surface area contributed by atoms with Crippen LogP contribution in [0.15, 0.2) is 29.6 Å². The number of benzene rings is 1. The Hall–Kier alpha value is -0.770. The first kappa shape index (κ1) is 11.7. The second kappa shape index (κ2) is 5.04. The van der Waals surface area contributed by atoms with Crippen molar-refractivity contribution in [3.05, 3.63) is 45.4 Å². The SMILES string of the molecule is CC(Nc1nc(Cl)cs1)c1ccccc1Cl. The van der Waals surface area contributed by atoms with E-state index in [-0.39, 0.29) is 6.04 Å². The predicted molar refractivity (Wildman–Crippen MR) is 70.6 cm³/mol. The first-order valence-corrected chi connectivity index (χ1v) is 6.42. The minimum absolute atomic E-state index is 0.107. The Labute approximate surface area is 108 Å². The van der Waals surface area contributed by atoms with Crippen molar-refractivity contribution in [1.82, 2.24) is 4.98 Å². The maximum absolute atomic E-state index is 6.11. The highest BCUT2D eigenvalue weighted by Crippen LogP contribution is 2.27. The van der Waals surface area contributed by atoms with Crippen molar-refractivity contribution < 1.29 is 0 Å². The molecule has 1 aromatic carbocycles. The average molecular weight is 273 g/mol. The summed E-state index contributed by atoms with van der Waals surface area (Å²) in [6, 6.07) is 7.86. The molecule has 1 aromatic heterocycles. The molecule has 0 aliphatic heterocycles. The van der Waals surface area contributed by atoms with Gasteiger partial charge in [-0.3, -0.25) is 0 Å². The van der Waals surface area contributed by atoms with Crippen molar-refractivity contribution in [2.75, 3.05) is 5.32 Å². The van der Waals surface area contributed by atoms with Crippen LogP contribution >= 0.6 is 34.5 Å². The lowest BCUT2D eigenvalue weighted by molar-refractivity contribution is 0.882. The molecule has 2 aromatic rings. The summed E-state index contributed by atoms with van der Waals surface area (Å²) < 4.78 is 0. The van der Waals surface area contributed by atoms with Crippen molar-refractivity contribution in [3.8, 4) is 0 Å². The Morgan fingerprint density at radius 3 is 2.69 bits per heavy atom. The van der Waals surface area contributed by atoms with E-state index in [1.807, 2.05) is 31.2 Å². The van der Waals surface area contributed by atoms with E-state index in [1.54, 1.807) is 5.38 Å². The summed E-state index contributed by atoms with van der Waals surface area (Å²) in [4.78, 5) is 4.14. The fourth-order valence-corrected chi connectivity index (χ4v) is 2.63. The second-order valence-corrected chi connectivity index (χ2v) is 5.02. The van der Waals surface area contributed by atoms with Gasteiger partial charge in [0, 0.05) is 10.4 Å². The summed E-state index contributed by atoms with van der Waals surface area (Å²) in [5, 5.41) is 7.12. The molecule has 1 N–H and O–H groups in total. The van der Waals surface area contributed by atoms with E-state index in [9.17, 15) is 0 Å². The molecule has 0 fully saturated rings. The van der Waals surface area contributed by atoms with Crippen LogP contribution in [0.2, 0.25) is 10.2 Å². The zero-order chi connectivity index (χ0) is 11.5. The van der Waals surface area contributed by atoms with Gasteiger partial charge in [-0.05, 0) is 18.6 Å². The highest BCUT2D eigenvalue weighted by Gasteiger charge is 2.10. The van der Waals surface area contributed by atoms with Crippen LogP contribution in [0.25, 0.3) is 0 Å². The normalized spacial score (nSPS) is 12.4. The lowest BCUT2D eigenvalue weighted by Crippen LogP contribution is -2.06. The molecule has 1 unspecified atom stereocenters. The third kappa shape index (κ3) is 2.67. The van der Waals surface area contributed by atoms with Gasteiger partial charge in [0.05, 0.1) is 6.04 Å². The Kier molecular flexibility index (Phi) is 3.69. The van der Waals surface area contributed by atoms with E-state index >= 15 is 0 Å². The molecular formula is C11H10Cl2N2S. The molecule has 0 amide bonds. The van der Waals surface area contributed by atoms with Crippen LogP contribution in [0.3, 0.4) is 0 Å². The van der Waals surface area contributed by atoms with Crippen molar-refractivity contribution in [3.63, 3.8) is 0 Å². The third-order valence-electron chi connectivity index (χ3n) is 2.19. The number of anilines is 1. The average Bonchev–Trinajstić information content (AvgIpc) is 2.64. The largest absolute Gasteiger partial charge is 0.355 e. The lowest BCUT2D eigenvalue weighted by Gasteiger charge is -2.14. The molecule has 0 spiro atoms. The summed E-state index contributed by atoms with van der Waals surface area (Å²) in [6.07, 6.45) is 0. The molecule has 2 rings (SSSR count). The van der Waals surface area contributed by atoms with Gasteiger partial charge in [-0.1, -0.05) is 41.4 Å². The molecule has 0 radical (unpaired) electrons. The molecule has 0 bridgehead atoms. The topological polar surface area (TPSA) is 24.9 Å². The third-order valence-corrected chi connectivity index (χ3v) is 3.63. The molecule has 0 saturated heterocycles. The zero-order valence-corrected chi connectivity index (χ0v) is 10.9. The predicted octanol–water partition coefficient (Wildman–Crippen LogP) is 4.62. The Balaban J connectivity index is 2.14. The maximum Gasteiger partial charge on any atom is 0.184 e. The number of hydrogen-bond donors (Lipinski definition) is 1. The van der Waals surface area contributed by atoms with Crippen molar-refractivity contribution in [2.24, 2.45) is 0 Å². The first-order valence-electron chi connectivity index (χ1n) is 4.79. The highest BCUT2D eigenvalue weighted by atomic mass is 35.5. The summed E-state index contributed by atoms with van der Waals surface area (Å²) >= 11 is 13.3. The Morgan fingerprint density at radius 1 is 1.31 bits per heavy atom. The monoisotopic (exact) mass is 272 g/mol. The van der Waals surface area contributed by atoms with E-state index in [2.05, 4.69) is 10.3 Å². The van der Waals surface area contributed by atoms with E-state index in [1.165, 1.54) is 11.3 Å². The van der Waals surface area contributed by atoms with E-state index in [4.69, 9.17) is 23.2 Å². The van der Waals surface area contributed by atoms with E-state index in [0.717, 1.165) is 15.7 Å². The molecule has 1 atom stereocenters. The number of nitrogens with one attached hydrogen (secondary N) is 1. The molecule has 84 valence electrons. The zero-order valence-electron chi connectivity index (χ0n) is 8.58. The van der Waals surface area contributed by atoms with Crippen molar-refractivity contribution in [2.45, 2.75) is 13.0 Å². The van der Waals surface area contributed by atoms with Gasteiger partial charge in [-0.25, -0.2) is 4.98 Å². The number of aromatic nitrogens is 1. The minimum atomic E-state index is 0.107. The molecule has 0 aliphatic rings. The summed E-state index contributed by atoms with van der Waals surface area (Å²) in [7, 11) is 0. The quantitative estimate of drug-likeness (QED) is 0.882. The van der Waals surface area contributed by atoms with Gasteiger partial charge in [0.15, 0.2) is 5.13 Å². The van der Waals surface area contributed by atoms with Crippen LogP contribution in [0.5, 0.6) is 0 Å². The van der Waals surface area contributed by atoms with Gasteiger partial charge in [0.2, 0.25) is 0 Å². The summed E-state index contributed by atoms with van der Waals surface area (Å²) in [5.41, 5.74) is 1.05. The Bertz CT molecular complexity index is 484. The molecular weight excluding hydrogens is 263 g/mol. The highest BCUT2D eigenvalue weighted by molar-refractivity contribution is 7.14. The molecule has 0 saturated carbocycles. The van der Waals surface area contributed by atoms with E-state index < -0.39 is 0 Å². The van der Waals surface area contributed by atoms with Gasteiger partial charge in [-0.2, -0.15) is 0 Å². The first-order chi connectivity index (χ1) is 7.66. The lowest BCUT2D eigenvalue weighted by atomic mass is 10.1. The summed E-state index contributed by atoms with van der Waals surface area (Å²) in [6.45, 7) is 2.04. The Morgan fingerprint density at radius 2 is 2.06 bits per heavy atom. The summed E-state index contributed by atoms with van der Waals surface area (Å²) in [5.74, 6) is 0. The van der Waals surface area contributed by atoms with Crippen LogP contribution in [0, 0.1) is 0 Å². The molecule has 1 heterocycles. The minimum Gasteiger partial charge on any atom is -0.355 e. The van der Waals surface area contributed by atoms with Gasteiger partial charge < -0.3 is 5.32 Å². The van der Waals surface area contributed by atoms with Crippen LogP contribution in [-0.4, -0.2) is 4.98 Å². The molecule has 2 nitrogen and oxygen atoms in total. The second-order valence-electron chi connectivity index (χ2n) is 3.36. The standard InChI is InChI=1S/C11H10Cl2N2S/c1-7(8-4-2-3-5-9(8)12)14-11-15-10(13)6-16-11/h2-7H,1H3,(H,14,15). The van der Waals surface area contributed by atoms with Gasteiger partial charge in [0.25, 0.3) is 0 Å².